The van der Waals surface area contributed by atoms with Gasteiger partial charge in [-0.25, -0.2) is 9.78 Å². The predicted molar refractivity (Wildman–Crippen MR) is 127 cm³/mol. The van der Waals surface area contributed by atoms with Crippen LogP contribution >= 0.6 is 0 Å². The lowest BCUT2D eigenvalue weighted by atomic mass is 10.0. The van der Waals surface area contributed by atoms with Gasteiger partial charge in [0.2, 0.25) is 5.95 Å². The normalized spacial score (nSPS) is 20.5. The Balaban J connectivity index is 1.67. The van der Waals surface area contributed by atoms with Crippen molar-refractivity contribution in [1.82, 2.24) is 9.97 Å². The van der Waals surface area contributed by atoms with Crippen molar-refractivity contribution in [3.63, 3.8) is 0 Å². The Morgan fingerprint density at radius 1 is 1.27 bits per heavy atom. The zero-order chi connectivity index (χ0) is 23.5. The van der Waals surface area contributed by atoms with Crippen molar-refractivity contribution in [2.75, 3.05) is 35.9 Å². The van der Waals surface area contributed by atoms with Gasteiger partial charge in [0.25, 0.3) is 0 Å². The molecule has 2 atom stereocenters. The molecule has 1 aromatic heterocycles. The van der Waals surface area contributed by atoms with Gasteiger partial charge in [0.05, 0.1) is 37.2 Å². The SMILES string of the molecule is CCOC(=O)c1ccc(Nc2ncc3c(n2)N(C2CCCC2)[C@H](CC)C(O)N3C)c(OC)c1. The Hall–Kier alpha value is -3.07. The third-order valence-corrected chi connectivity index (χ3v) is 6.57. The minimum Gasteiger partial charge on any atom is -0.495 e. The van der Waals surface area contributed by atoms with Crippen LogP contribution in [0.1, 0.15) is 56.3 Å². The van der Waals surface area contributed by atoms with Crippen LogP contribution in [-0.4, -0.2) is 60.1 Å². The second-order valence-corrected chi connectivity index (χ2v) is 8.51. The molecule has 1 aliphatic carbocycles. The molecular formula is C24H33N5O4. The summed E-state index contributed by atoms with van der Waals surface area (Å²) in [6.45, 7) is 4.18. The van der Waals surface area contributed by atoms with E-state index in [1.165, 1.54) is 12.8 Å². The summed E-state index contributed by atoms with van der Waals surface area (Å²) in [5.74, 6) is 1.36. The van der Waals surface area contributed by atoms with Crippen molar-refractivity contribution in [3.05, 3.63) is 30.0 Å². The van der Waals surface area contributed by atoms with E-state index in [-0.39, 0.29) is 6.04 Å². The quantitative estimate of drug-likeness (QED) is 0.605. The monoisotopic (exact) mass is 455 g/mol. The fraction of sp³-hybridized carbons (Fsp3) is 0.542. The molecule has 1 unspecified atom stereocenters. The molecule has 4 rings (SSSR count). The smallest absolute Gasteiger partial charge is 0.338 e. The highest BCUT2D eigenvalue weighted by Crippen LogP contribution is 2.41. The number of carbonyl (C=O) groups is 1. The van der Waals surface area contributed by atoms with E-state index in [4.69, 9.17) is 14.5 Å². The molecule has 1 aliphatic heterocycles. The fourth-order valence-electron chi connectivity index (χ4n) is 4.86. The first kappa shape index (κ1) is 23.1. The number of aliphatic hydroxyl groups excluding tert-OH is 1. The van der Waals surface area contributed by atoms with E-state index >= 15 is 0 Å². The van der Waals surface area contributed by atoms with Crippen LogP contribution in [-0.2, 0) is 4.74 Å². The molecule has 0 saturated heterocycles. The molecule has 2 heterocycles. The van der Waals surface area contributed by atoms with Crippen molar-refractivity contribution in [2.45, 2.75) is 64.3 Å². The summed E-state index contributed by atoms with van der Waals surface area (Å²) >= 11 is 0. The third kappa shape index (κ3) is 4.42. The lowest BCUT2D eigenvalue weighted by Gasteiger charge is -2.48. The Morgan fingerprint density at radius 3 is 2.70 bits per heavy atom. The van der Waals surface area contributed by atoms with Crippen LogP contribution in [0.5, 0.6) is 5.75 Å². The van der Waals surface area contributed by atoms with Crippen LogP contribution in [0.15, 0.2) is 24.4 Å². The van der Waals surface area contributed by atoms with Gasteiger partial charge < -0.3 is 29.7 Å². The largest absolute Gasteiger partial charge is 0.495 e. The molecule has 2 aliphatic rings. The van der Waals surface area contributed by atoms with Crippen molar-refractivity contribution in [3.8, 4) is 5.75 Å². The Morgan fingerprint density at radius 2 is 2.03 bits per heavy atom. The number of likely N-dealkylation sites (N-methyl/N-ethyl adjacent to an activating group) is 1. The van der Waals surface area contributed by atoms with Gasteiger partial charge in [-0.2, -0.15) is 4.98 Å². The molecule has 0 amide bonds. The topological polar surface area (TPSA) is 100 Å². The second kappa shape index (κ2) is 9.82. The van der Waals surface area contributed by atoms with E-state index in [0.717, 1.165) is 30.8 Å². The molecule has 2 N–H and O–H groups in total. The number of aromatic nitrogens is 2. The number of hydrogen-bond acceptors (Lipinski definition) is 9. The summed E-state index contributed by atoms with van der Waals surface area (Å²) in [4.78, 5) is 25.6. The molecule has 0 bridgehead atoms. The number of carbonyl (C=O) groups excluding carboxylic acids is 1. The second-order valence-electron chi connectivity index (χ2n) is 8.51. The van der Waals surface area contributed by atoms with Crippen LogP contribution < -0.4 is 19.9 Å². The van der Waals surface area contributed by atoms with Gasteiger partial charge in [0, 0.05) is 13.1 Å². The standard InChI is InChI=1S/C24H33N5O4/c1-5-18-22(30)28(3)19-14-25-24(27-21(19)29(18)16-9-7-8-10-16)26-17-12-11-15(13-20(17)32-4)23(31)33-6-2/h11-14,16,18,22,30H,5-10H2,1-4H3,(H,25,26,27)/t18-,22?/m1/s1. The Labute approximate surface area is 194 Å². The van der Waals surface area contributed by atoms with Gasteiger partial charge in [0.15, 0.2) is 5.82 Å². The van der Waals surface area contributed by atoms with Crippen molar-refractivity contribution in [2.24, 2.45) is 0 Å². The summed E-state index contributed by atoms with van der Waals surface area (Å²) in [5.41, 5.74) is 1.88. The minimum absolute atomic E-state index is 0.0354. The first-order valence-corrected chi connectivity index (χ1v) is 11.7. The van der Waals surface area contributed by atoms with Gasteiger partial charge in [-0.05, 0) is 44.4 Å². The molecule has 2 aromatic rings. The predicted octanol–water partition coefficient (Wildman–Crippen LogP) is 3.70. The fourth-order valence-corrected chi connectivity index (χ4v) is 4.86. The summed E-state index contributed by atoms with van der Waals surface area (Å²) in [6.07, 6.45) is 6.54. The van der Waals surface area contributed by atoms with E-state index in [1.807, 2.05) is 11.9 Å². The zero-order valence-corrected chi connectivity index (χ0v) is 19.7. The number of benzene rings is 1. The number of aliphatic hydroxyl groups is 1. The van der Waals surface area contributed by atoms with Gasteiger partial charge in [-0.1, -0.05) is 19.8 Å². The van der Waals surface area contributed by atoms with E-state index in [9.17, 15) is 9.90 Å². The van der Waals surface area contributed by atoms with Gasteiger partial charge in [-0.15, -0.1) is 0 Å². The summed E-state index contributed by atoms with van der Waals surface area (Å²) in [7, 11) is 3.43. The molecule has 9 nitrogen and oxygen atoms in total. The molecular weight excluding hydrogens is 422 g/mol. The molecule has 33 heavy (non-hydrogen) atoms. The van der Waals surface area contributed by atoms with Gasteiger partial charge in [-0.3, -0.25) is 0 Å². The van der Waals surface area contributed by atoms with Gasteiger partial charge in [0.1, 0.15) is 17.7 Å². The highest BCUT2D eigenvalue weighted by Gasteiger charge is 2.41. The van der Waals surface area contributed by atoms with Crippen LogP contribution in [0.3, 0.4) is 0 Å². The molecule has 9 heteroatoms. The van der Waals surface area contributed by atoms with Crippen molar-refractivity contribution < 1.29 is 19.4 Å². The summed E-state index contributed by atoms with van der Waals surface area (Å²) in [5, 5.41) is 14.2. The lowest BCUT2D eigenvalue weighted by Crippen LogP contribution is -2.58. The number of methoxy groups -OCH3 is 1. The highest BCUT2D eigenvalue weighted by atomic mass is 16.5. The summed E-state index contributed by atoms with van der Waals surface area (Å²) in [6, 6.07) is 5.40. The maximum Gasteiger partial charge on any atom is 0.338 e. The molecule has 1 aromatic carbocycles. The van der Waals surface area contributed by atoms with Gasteiger partial charge >= 0.3 is 5.97 Å². The number of ether oxygens (including phenoxy) is 2. The number of rotatable bonds is 7. The van der Waals surface area contributed by atoms with E-state index < -0.39 is 12.2 Å². The molecule has 0 radical (unpaired) electrons. The van der Waals surface area contributed by atoms with E-state index in [1.54, 1.807) is 38.4 Å². The number of fused-ring (bicyclic) bond motifs is 1. The first-order valence-electron chi connectivity index (χ1n) is 11.7. The maximum absolute atomic E-state index is 12.1. The molecule has 1 fully saturated rings. The van der Waals surface area contributed by atoms with Crippen LogP contribution in [0, 0.1) is 0 Å². The Bertz CT molecular complexity index is 995. The molecule has 178 valence electrons. The van der Waals surface area contributed by atoms with E-state index in [0.29, 0.717) is 35.6 Å². The zero-order valence-electron chi connectivity index (χ0n) is 19.7. The Kier molecular flexibility index (Phi) is 6.88. The number of nitrogens with one attached hydrogen (secondary N) is 1. The average Bonchev–Trinajstić information content (AvgIpc) is 3.36. The van der Waals surface area contributed by atoms with Crippen molar-refractivity contribution in [1.29, 1.82) is 0 Å². The number of anilines is 4. The number of hydrogen-bond donors (Lipinski definition) is 2. The van der Waals surface area contributed by atoms with E-state index in [2.05, 4.69) is 22.1 Å². The minimum atomic E-state index is -0.610. The lowest BCUT2D eigenvalue weighted by molar-refractivity contribution is 0.0526. The first-order chi connectivity index (χ1) is 16.0. The molecule has 1 saturated carbocycles. The van der Waals surface area contributed by atoms with Crippen LogP contribution in [0.2, 0.25) is 0 Å². The van der Waals surface area contributed by atoms with Crippen LogP contribution in [0.25, 0.3) is 0 Å². The molecule has 0 spiro atoms. The summed E-state index contributed by atoms with van der Waals surface area (Å²) < 4.78 is 10.6. The maximum atomic E-state index is 12.1. The highest BCUT2D eigenvalue weighted by molar-refractivity contribution is 5.91. The number of nitrogens with zero attached hydrogens (tertiary/aromatic N) is 4. The average molecular weight is 456 g/mol. The van der Waals surface area contributed by atoms with Crippen molar-refractivity contribution >= 4 is 29.1 Å². The number of esters is 1. The van der Waals surface area contributed by atoms with Crippen LogP contribution in [0.4, 0.5) is 23.1 Å². The third-order valence-electron chi connectivity index (χ3n) is 6.57.